The molecule has 1 aliphatic heterocycles. The van der Waals surface area contributed by atoms with Gasteiger partial charge < -0.3 is 5.11 Å². The highest BCUT2D eigenvalue weighted by Crippen LogP contribution is 2.21. The van der Waals surface area contributed by atoms with Gasteiger partial charge in [-0.15, -0.1) is 0 Å². The van der Waals surface area contributed by atoms with Gasteiger partial charge in [0.25, 0.3) is 0 Å². The number of nitrogens with zero attached hydrogens (tertiary/aromatic N) is 1. The first-order valence-electron chi connectivity index (χ1n) is 4.69. The summed E-state index contributed by atoms with van der Waals surface area (Å²) in [6.45, 7) is 4.08. The molecule has 14 heavy (non-hydrogen) atoms. The number of rotatable bonds is 4. The van der Waals surface area contributed by atoms with Gasteiger partial charge in [0.2, 0.25) is 5.91 Å². The highest BCUT2D eigenvalue weighted by molar-refractivity contribution is 5.77. The van der Waals surface area contributed by atoms with Crippen LogP contribution in [0.15, 0.2) is 0 Å². The quantitative estimate of drug-likeness (QED) is 0.725. The topological polar surface area (TPSA) is 66.8 Å². The van der Waals surface area contributed by atoms with Crippen molar-refractivity contribution in [3.05, 3.63) is 0 Å². The fourth-order valence-electron chi connectivity index (χ4n) is 1.27. The van der Waals surface area contributed by atoms with Crippen molar-refractivity contribution in [1.29, 1.82) is 0 Å². The van der Waals surface area contributed by atoms with Crippen LogP contribution in [0.1, 0.15) is 26.7 Å². The van der Waals surface area contributed by atoms with E-state index in [9.17, 15) is 9.59 Å². The molecule has 1 heterocycles. The number of hydroxylamine groups is 2. The number of carbonyl (C=O) groups excluding carboxylic acids is 1. The van der Waals surface area contributed by atoms with Gasteiger partial charge in [0.05, 0.1) is 25.5 Å². The Bertz CT molecular complexity index is 239. The van der Waals surface area contributed by atoms with Gasteiger partial charge in [0.1, 0.15) is 0 Å². The molecule has 0 aromatic rings. The number of aliphatic carboxylic acids is 1. The molecule has 1 amide bonds. The van der Waals surface area contributed by atoms with Crippen LogP contribution in [-0.2, 0) is 14.4 Å². The Hall–Kier alpha value is -1.10. The summed E-state index contributed by atoms with van der Waals surface area (Å²) in [6.07, 6.45) is 0.185. The zero-order chi connectivity index (χ0) is 10.7. The van der Waals surface area contributed by atoms with Crippen LogP contribution in [0.5, 0.6) is 0 Å². The van der Waals surface area contributed by atoms with E-state index >= 15 is 0 Å². The van der Waals surface area contributed by atoms with Crippen molar-refractivity contribution < 1.29 is 19.5 Å². The van der Waals surface area contributed by atoms with Gasteiger partial charge >= 0.3 is 5.97 Å². The zero-order valence-electron chi connectivity index (χ0n) is 8.40. The molecule has 0 spiro atoms. The van der Waals surface area contributed by atoms with Crippen LogP contribution in [0.25, 0.3) is 0 Å². The van der Waals surface area contributed by atoms with E-state index in [-0.39, 0.29) is 30.9 Å². The molecule has 1 N–H and O–H groups in total. The summed E-state index contributed by atoms with van der Waals surface area (Å²) in [4.78, 5) is 26.9. The van der Waals surface area contributed by atoms with E-state index in [0.717, 1.165) is 0 Å². The van der Waals surface area contributed by atoms with Crippen molar-refractivity contribution in [2.75, 3.05) is 6.54 Å². The van der Waals surface area contributed by atoms with Crippen LogP contribution in [0, 0.1) is 5.92 Å². The summed E-state index contributed by atoms with van der Waals surface area (Å²) < 4.78 is 0. The molecule has 80 valence electrons. The molecule has 1 unspecified atom stereocenters. The molecule has 5 heteroatoms. The monoisotopic (exact) mass is 201 g/mol. The second-order valence-electron chi connectivity index (χ2n) is 3.73. The molecular weight excluding hydrogens is 186 g/mol. The molecule has 0 saturated carbocycles. The average Bonchev–Trinajstić information content (AvgIpc) is 2.43. The Balaban J connectivity index is 2.41. The SMILES string of the molecule is CC(C)C1CC(=O)N(CCC(=O)O)O1. The molecular formula is C9H15NO4. The molecule has 0 aliphatic carbocycles. The lowest BCUT2D eigenvalue weighted by molar-refractivity contribution is -0.179. The van der Waals surface area contributed by atoms with Gasteiger partial charge in [-0.3, -0.25) is 14.4 Å². The van der Waals surface area contributed by atoms with Crippen LogP contribution in [0.4, 0.5) is 0 Å². The molecule has 5 nitrogen and oxygen atoms in total. The van der Waals surface area contributed by atoms with Crippen molar-refractivity contribution >= 4 is 11.9 Å². The maximum Gasteiger partial charge on any atom is 0.305 e. The third-order valence-corrected chi connectivity index (χ3v) is 2.19. The predicted octanol–water partition coefficient (Wildman–Crippen LogP) is 0.650. The fraction of sp³-hybridized carbons (Fsp3) is 0.778. The minimum atomic E-state index is -0.922. The van der Waals surface area contributed by atoms with Crippen molar-refractivity contribution in [3.63, 3.8) is 0 Å². The van der Waals surface area contributed by atoms with Crippen LogP contribution in [0.3, 0.4) is 0 Å². The summed E-state index contributed by atoms with van der Waals surface area (Å²) in [5, 5.41) is 9.61. The third kappa shape index (κ3) is 2.70. The van der Waals surface area contributed by atoms with Crippen LogP contribution in [0.2, 0.25) is 0 Å². The minimum Gasteiger partial charge on any atom is -0.481 e. The Kier molecular flexibility index (Phi) is 3.46. The average molecular weight is 201 g/mol. The van der Waals surface area contributed by atoms with Crippen LogP contribution >= 0.6 is 0 Å². The van der Waals surface area contributed by atoms with Crippen molar-refractivity contribution in [2.24, 2.45) is 5.92 Å². The first-order chi connectivity index (χ1) is 6.50. The van der Waals surface area contributed by atoms with Gasteiger partial charge in [0.15, 0.2) is 0 Å². The first-order valence-corrected chi connectivity index (χ1v) is 4.69. The summed E-state index contributed by atoms with van der Waals surface area (Å²) in [5.41, 5.74) is 0. The molecule has 1 fully saturated rings. The van der Waals surface area contributed by atoms with E-state index < -0.39 is 5.97 Å². The Morgan fingerprint density at radius 2 is 2.36 bits per heavy atom. The molecule has 0 bridgehead atoms. The van der Waals surface area contributed by atoms with Gasteiger partial charge in [-0.1, -0.05) is 13.8 Å². The van der Waals surface area contributed by atoms with Crippen molar-refractivity contribution in [1.82, 2.24) is 5.06 Å². The number of amides is 1. The second-order valence-corrected chi connectivity index (χ2v) is 3.73. The number of carbonyl (C=O) groups is 2. The number of hydrogen-bond donors (Lipinski definition) is 1. The largest absolute Gasteiger partial charge is 0.481 e. The maximum atomic E-state index is 11.3. The minimum absolute atomic E-state index is 0.0729. The lowest BCUT2D eigenvalue weighted by atomic mass is 10.1. The molecule has 1 saturated heterocycles. The Morgan fingerprint density at radius 1 is 1.71 bits per heavy atom. The van der Waals surface area contributed by atoms with Gasteiger partial charge in [-0.05, 0) is 5.92 Å². The highest BCUT2D eigenvalue weighted by atomic mass is 16.7. The standard InChI is InChI=1S/C9H15NO4/c1-6(2)7-5-8(11)10(14-7)4-3-9(12)13/h6-7H,3-5H2,1-2H3,(H,12,13). The molecule has 1 aliphatic rings. The highest BCUT2D eigenvalue weighted by Gasteiger charge is 2.32. The Labute approximate surface area is 82.6 Å². The van der Waals surface area contributed by atoms with Crippen LogP contribution in [-0.4, -0.2) is 34.7 Å². The molecule has 0 aromatic carbocycles. The van der Waals surface area contributed by atoms with E-state index in [4.69, 9.17) is 9.94 Å². The lowest BCUT2D eigenvalue weighted by Crippen LogP contribution is -2.27. The van der Waals surface area contributed by atoms with E-state index in [1.54, 1.807) is 0 Å². The molecule has 1 rings (SSSR count). The number of carboxylic acid groups (broad SMARTS) is 1. The zero-order valence-corrected chi connectivity index (χ0v) is 8.40. The second kappa shape index (κ2) is 4.41. The third-order valence-electron chi connectivity index (χ3n) is 2.19. The van der Waals surface area contributed by atoms with Gasteiger partial charge in [0, 0.05) is 0 Å². The fourth-order valence-corrected chi connectivity index (χ4v) is 1.27. The molecule has 1 atom stereocenters. The lowest BCUT2D eigenvalue weighted by Gasteiger charge is -2.16. The summed E-state index contributed by atoms with van der Waals surface area (Å²) in [5.74, 6) is -0.770. The van der Waals surface area contributed by atoms with Crippen molar-refractivity contribution in [2.45, 2.75) is 32.8 Å². The first kappa shape index (κ1) is 11.0. The predicted molar refractivity (Wildman–Crippen MR) is 48.3 cm³/mol. The van der Waals surface area contributed by atoms with Gasteiger partial charge in [-0.25, -0.2) is 5.06 Å². The summed E-state index contributed by atoms with van der Waals surface area (Å²) >= 11 is 0. The number of hydrogen-bond acceptors (Lipinski definition) is 3. The van der Waals surface area contributed by atoms with Gasteiger partial charge in [-0.2, -0.15) is 0 Å². The number of carboxylic acids is 1. The molecule has 0 radical (unpaired) electrons. The maximum absolute atomic E-state index is 11.3. The summed E-state index contributed by atoms with van der Waals surface area (Å²) in [7, 11) is 0. The normalized spacial score (nSPS) is 22.1. The van der Waals surface area contributed by atoms with Crippen LogP contribution < -0.4 is 0 Å². The van der Waals surface area contributed by atoms with E-state index in [1.165, 1.54) is 5.06 Å². The smallest absolute Gasteiger partial charge is 0.305 e. The van der Waals surface area contributed by atoms with E-state index in [1.807, 2.05) is 13.8 Å². The molecule has 0 aromatic heterocycles. The van der Waals surface area contributed by atoms with E-state index in [0.29, 0.717) is 6.42 Å². The summed E-state index contributed by atoms with van der Waals surface area (Å²) in [6, 6.07) is 0. The van der Waals surface area contributed by atoms with Crippen molar-refractivity contribution in [3.8, 4) is 0 Å². The Morgan fingerprint density at radius 3 is 2.79 bits per heavy atom. The van der Waals surface area contributed by atoms with E-state index in [2.05, 4.69) is 0 Å².